The van der Waals surface area contributed by atoms with Crippen molar-refractivity contribution in [2.24, 2.45) is 5.92 Å². The minimum absolute atomic E-state index is 0.000887. The average Bonchev–Trinajstić information content (AvgIpc) is 2.98. The first-order valence-corrected chi connectivity index (χ1v) is 8.23. The van der Waals surface area contributed by atoms with Crippen LogP contribution >= 0.6 is 0 Å². The number of nitriles is 1. The SMILES string of the molecule is CC(C)[C@](C)(C#N)NC(=O)CNc1ccccc1N1CCCC1=O. The fraction of sp³-hybridized carbons (Fsp3) is 0.500. The van der Waals surface area contributed by atoms with E-state index in [0.29, 0.717) is 13.0 Å². The maximum Gasteiger partial charge on any atom is 0.240 e. The highest BCUT2D eigenvalue weighted by Crippen LogP contribution is 2.29. The van der Waals surface area contributed by atoms with Crippen molar-refractivity contribution < 1.29 is 9.59 Å². The fourth-order valence-electron chi connectivity index (χ4n) is 2.57. The molecule has 2 N–H and O–H groups in total. The van der Waals surface area contributed by atoms with Crippen LogP contribution in [0.25, 0.3) is 0 Å². The number of para-hydroxylation sites is 2. The number of rotatable bonds is 6. The van der Waals surface area contributed by atoms with E-state index in [2.05, 4.69) is 16.7 Å². The minimum Gasteiger partial charge on any atom is -0.374 e. The summed E-state index contributed by atoms with van der Waals surface area (Å²) in [6.45, 7) is 6.25. The predicted molar refractivity (Wildman–Crippen MR) is 93.5 cm³/mol. The van der Waals surface area contributed by atoms with Crippen LogP contribution < -0.4 is 15.5 Å². The first kappa shape index (κ1) is 17.8. The molecule has 0 aromatic heterocycles. The van der Waals surface area contributed by atoms with Crippen molar-refractivity contribution in [1.29, 1.82) is 5.26 Å². The molecule has 1 aliphatic heterocycles. The van der Waals surface area contributed by atoms with E-state index in [-0.39, 0.29) is 24.3 Å². The van der Waals surface area contributed by atoms with Gasteiger partial charge in [0.15, 0.2) is 0 Å². The molecule has 6 nitrogen and oxygen atoms in total. The monoisotopic (exact) mass is 328 g/mol. The highest BCUT2D eigenvalue weighted by atomic mass is 16.2. The first-order chi connectivity index (χ1) is 11.4. The van der Waals surface area contributed by atoms with Gasteiger partial charge in [0.05, 0.1) is 24.0 Å². The Balaban J connectivity index is 2.04. The van der Waals surface area contributed by atoms with Gasteiger partial charge in [-0.05, 0) is 31.4 Å². The summed E-state index contributed by atoms with van der Waals surface area (Å²) in [5, 5.41) is 15.1. The van der Waals surface area contributed by atoms with Crippen LogP contribution in [0.5, 0.6) is 0 Å². The number of hydrogen-bond donors (Lipinski definition) is 2. The molecule has 1 aromatic carbocycles. The van der Waals surface area contributed by atoms with Crippen LogP contribution in [-0.2, 0) is 9.59 Å². The van der Waals surface area contributed by atoms with Crippen molar-refractivity contribution in [1.82, 2.24) is 5.32 Å². The van der Waals surface area contributed by atoms with Gasteiger partial charge in [-0.25, -0.2) is 0 Å². The molecule has 24 heavy (non-hydrogen) atoms. The number of benzene rings is 1. The highest BCUT2D eigenvalue weighted by molar-refractivity contribution is 5.98. The third-order valence-corrected chi connectivity index (χ3v) is 4.49. The van der Waals surface area contributed by atoms with E-state index in [4.69, 9.17) is 0 Å². The number of nitrogens with one attached hydrogen (secondary N) is 2. The smallest absolute Gasteiger partial charge is 0.240 e. The van der Waals surface area contributed by atoms with E-state index in [0.717, 1.165) is 17.8 Å². The summed E-state index contributed by atoms with van der Waals surface area (Å²) in [6.07, 6.45) is 1.41. The molecule has 0 spiro atoms. The maximum atomic E-state index is 12.2. The Kier molecular flexibility index (Phi) is 5.45. The zero-order valence-electron chi connectivity index (χ0n) is 14.4. The van der Waals surface area contributed by atoms with Gasteiger partial charge < -0.3 is 15.5 Å². The van der Waals surface area contributed by atoms with Gasteiger partial charge in [-0.3, -0.25) is 9.59 Å². The maximum absolute atomic E-state index is 12.2. The first-order valence-electron chi connectivity index (χ1n) is 8.23. The fourth-order valence-corrected chi connectivity index (χ4v) is 2.57. The van der Waals surface area contributed by atoms with Crippen molar-refractivity contribution in [3.8, 4) is 6.07 Å². The number of amides is 2. The standard InChI is InChI=1S/C18H24N4O2/c1-13(2)18(3,12-19)21-16(23)11-20-14-7-4-5-8-15(14)22-10-6-9-17(22)24/h4-5,7-8,13,20H,6,9-11H2,1-3H3,(H,21,23)/t18-/m0/s1. The summed E-state index contributed by atoms with van der Waals surface area (Å²) in [6, 6.07) is 9.61. The van der Waals surface area contributed by atoms with Gasteiger partial charge in [0.25, 0.3) is 0 Å². The summed E-state index contributed by atoms with van der Waals surface area (Å²) in [7, 11) is 0. The lowest BCUT2D eigenvalue weighted by atomic mass is 9.90. The summed E-state index contributed by atoms with van der Waals surface area (Å²) in [5.74, 6) is -0.151. The van der Waals surface area contributed by atoms with Crippen LogP contribution in [0, 0.1) is 17.2 Å². The van der Waals surface area contributed by atoms with E-state index in [1.54, 1.807) is 11.8 Å². The molecule has 1 saturated heterocycles. The lowest BCUT2D eigenvalue weighted by molar-refractivity contribution is -0.121. The molecule has 128 valence electrons. The normalized spacial score (nSPS) is 16.6. The lowest BCUT2D eigenvalue weighted by Gasteiger charge is -2.27. The van der Waals surface area contributed by atoms with Gasteiger partial charge in [0.1, 0.15) is 5.54 Å². The molecule has 0 bridgehead atoms. The Morgan fingerprint density at radius 2 is 2.12 bits per heavy atom. The Morgan fingerprint density at radius 1 is 1.42 bits per heavy atom. The van der Waals surface area contributed by atoms with Crippen molar-refractivity contribution in [2.75, 3.05) is 23.3 Å². The van der Waals surface area contributed by atoms with Crippen LogP contribution in [0.3, 0.4) is 0 Å². The quantitative estimate of drug-likeness (QED) is 0.839. The third kappa shape index (κ3) is 3.85. The molecule has 0 radical (unpaired) electrons. The number of anilines is 2. The zero-order valence-corrected chi connectivity index (χ0v) is 14.4. The zero-order chi connectivity index (χ0) is 17.7. The minimum atomic E-state index is -0.900. The van der Waals surface area contributed by atoms with Crippen molar-refractivity contribution in [3.05, 3.63) is 24.3 Å². The molecule has 1 fully saturated rings. The van der Waals surface area contributed by atoms with Crippen LogP contribution in [0.2, 0.25) is 0 Å². The summed E-state index contributed by atoms with van der Waals surface area (Å²) >= 11 is 0. The van der Waals surface area contributed by atoms with E-state index in [9.17, 15) is 14.9 Å². The number of nitrogens with zero attached hydrogens (tertiary/aromatic N) is 2. The van der Waals surface area contributed by atoms with Crippen molar-refractivity contribution >= 4 is 23.2 Å². The predicted octanol–water partition coefficient (Wildman–Crippen LogP) is 2.28. The van der Waals surface area contributed by atoms with Crippen LogP contribution in [0.1, 0.15) is 33.6 Å². The summed E-state index contributed by atoms with van der Waals surface area (Å²) in [5.41, 5.74) is 0.634. The molecule has 2 rings (SSSR count). The molecule has 0 saturated carbocycles. The van der Waals surface area contributed by atoms with Crippen LogP contribution in [0.4, 0.5) is 11.4 Å². The molecule has 1 aliphatic rings. The molecule has 1 aromatic rings. The van der Waals surface area contributed by atoms with Gasteiger partial charge in [-0.2, -0.15) is 5.26 Å². The van der Waals surface area contributed by atoms with E-state index in [1.165, 1.54) is 0 Å². The van der Waals surface area contributed by atoms with Gasteiger partial charge in [-0.15, -0.1) is 0 Å². The Morgan fingerprint density at radius 3 is 2.71 bits per heavy atom. The van der Waals surface area contributed by atoms with Gasteiger partial charge in [0.2, 0.25) is 11.8 Å². The lowest BCUT2D eigenvalue weighted by Crippen LogP contribution is -2.50. The van der Waals surface area contributed by atoms with Gasteiger partial charge in [0, 0.05) is 13.0 Å². The highest BCUT2D eigenvalue weighted by Gasteiger charge is 2.30. The molecule has 1 atom stereocenters. The number of hydrogen-bond acceptors (Lipinski definition) is 4. The average molecular weight is 328 g/mol. The third-order valence-electron chi connectivity index (χ3n) is 4.49. The Labute approximate surface area is 142 Å². The summed E-state index contributed by atoms with van der Waals surface area (Å²) in [4.78, 5) is 25.9. The summed E-state index contributed by atoms with van der Waals surface area (Å²) < 4.78 is 0. The number of carbonyl (C=O) groups excluding carboxylic acids is 2. The van der Waals surface area contributed by atoms with E-state index in [1.807, 2.05) is 38.1 Å². The molecular weight excluding hydrogens is 304 g/mol. The van der Waals surface area contributed by atoms with Crippen LogP contribution in [0.15, 0.2) is 24.3 Å². The van der Waals surface area contributed by atoms with E-state index < -0.39 is 5.54 Å². The van der Waals surface area contributed by atoms with Crippen molar-refractivity contribution in [3.63, 3.8) is 0 Å². The topological polar surface area (TPSA) is 85.2 Å². The Hall–Kier alpha value is -2.55. The second-order valence-corrected chi connectivity index (χ2v) is 6.54. The molecule has 6 heteroatoms. The van der Waals surface area contributed by atoms with Gasteiger partial charge in [-0.1, -0.05) is 26.0 Å². The van der Waals surface area contributed by atoms with Gasteiger partial charge >= 0.3 is 0 Å². The Bertz CT molecular complexity index is 665. The molecule has 0 aliphatic carbocycles. The molecule has 2 amide bonds. The largest absolute Gasteiger partial charge is 0.374 e. The number of carbonyl (C=O) groups is 2. The second-order valence-electron chi connectivity index (χ2n) is 6.54. The molecular formula is C18H24N4O2. The van der Waals surface area contributed by atoms with E-state index >= 15 is 0 Å². The second kappa shape index (κ2) is 7.35. The molecule has 0 unspecified atom stereocenters. The van der Waals surface area contributed by atoms with Crippen LogP contribution in [-0.4, -0.2) is 30.4 Å². The van der Waals surface area contributed by atoms with Crippen molar-refractivity contribution in [2.45, 2.75) is 39.2 Å². The molecule has 1 heterocycles.